The number of aliphatic carboxylic acids is 1. The number of nitrogens with zero attached hydrogens (tertiary/aromatic N) is 3. The first-order chi connectivity index (χ1) is 7.59. The summed E-state index contributed by atoms with van der Waals surface area (Å²) >= 11 is 0. The van der Waals surface area contributed by atoms with Gasteiger partial charge in [0.15, 0.2) is 0 Å². The van der Waals surface area contributed by atoms with Crippen LogP contribution < -0.4 is 0 Å². The second kappa shape index (κ2) is 3.96. The van der Waals surface area contributed by atoms with Gasteiger partial charge < -0.3 is 14.5 Å². The normalized spacial score (nSPS) is 19.7. The Kier molecular flexibility index (Phi) is 2.64. The monoisotopic (exact) mass is 223 g/mol. The zero-order valence-electron chi connectivity index (χ0n) is 9.12. The van der Waals surface area contributed by atoms with Gasteiger partial charge in [-0.1, -0.05) is 5.16 Å². The first-order valence-corrected chi connectivity index (χ1v) is 5.07. The minimum absolute atomic E-state index is 0.254. The number of carboxylic acids is 1. The van der Waals surface area contributed by atoms with Gasteiger partial charge in [0.05, 0.1) is 18.2 Å². The third-order valence-electron chi connectivity index (χ3n) is 2.46. The van der Waals surface area contributed by atoms with Gasteiger partial charge in [-0.15, -0.1) is 0 Å². The van der Waals surface area contributed by atoms with E-state index >= 15 is 0 Å². The molecule has 0 amide bonds. The molecule has 1 aromatic heterocycles. The van der Waals surface area contributed by atoms with Crippen molar-refractivity contribution in [3.05, 3.63) is 18.2 Å². The number of hydrogen-bond donors (Lipinski definition) is 1. The Morgan fingerprint density at radius 3 is 3.00 bits per heavy atom. The molecule has 0 bridgehead atoms. The third-order valence-corrected chi connectivity index (χ3v) is 2.46. The summed E-state index contributed by atoms with van der Waals surface area (Å²) in [6, 6.07) is 0.254. The van der Waals surface area contributed by atoms with Crippen LogP contribution in [0.3, 0.4) is 0 Å². The lowest BCUT2D eigenvalue weighted by Gasteiger charge is -2.10. The maximum Gasteiger partial charge on any atom is 0.348 e. The van der Waals surface area contributed by atoms with Crippen LogP contribution in [0.15, 0.2) is 17.7 Å². The minimum atomic E-state index is -0.991. The molecule has 2 heterocycles. The molecule has 0 saturated heterocycles. The Morgan fingerprint density at radius 1 is 1.69 bits per heavy atom. The molecule has 0 aliphatic carbocycles. The van der Waals surface area contributed by atoms with Crippen molar-refractivity contribution in [1.29, 1.82) is 0 Å². The number of aromatic nitrogens is 2. The Labute approximate surface area is 92.5 Å². The van der Waals surface area contributed by atoms with Gasteiger partial charge in [0.25, 0.3) is 0 Å². The molecule has 6 nitrogen and oxygen atoms in total. The van der Waals surface area contributed by atoms with Gasteiger partial charge in [-0.3, -0.25) is 0 Å². The molecule has 0 fully saturated rings. The summed E-state index contributed by atoms with van der Waals surface area (Å²) in [4.78, 5) is 19.6. The fraction of sp³-hybridized carbons (Fsp3) is 0.500. The van der Waals surface area contributed by atoms with Gasteiger partial charge in [-0.2, -0.15) is 0 Å². The van der Waals surface area contributed by atoms with Crippen LogP contribution in [-0.2, 0) is 9.63 Å². The van der Waals surface area contributed by atoms with E-state index in [1.165, 1.54) is 0 Å². The Bertz CT molecular complexity index is 436. The summed E-state index contributed by atoms with van der Waals surface area (Å²) in [5, 5.41) is 12.6. The Morgan fingerprint density at radius 2 is 2.44 bits per heavy atom. The van der Waals surface area contributed by atoms with E-state index < -0.39 is 12.1 Å². The van der Waals surface area contributed by atoms with Crippen molar-refractivity contribution in [2.24, 2.45) is 5.16 Å². The van der Waals surface area contributed by atoms with Gasteiger partial charge in [-0.25, -0.2) is 9.78 Å². The first-order valence-electron chi connectivity index (χ1n) is 5.07. The van der Waals surface area contributed by atoms with Crippen LogP contribution in [0.2, 0.25) is 0 Å². The number of oxime groups is 1. The highest BCUT2D eigenvalue weighted by Crippen LogP contribution is 2.18. The number of carbonyl (C=O) groups is 1. The molecular weight excluding hydrogens is 210 g/mol. The summed E-state index contributed by atoms with van der Waals surface area (Å²) in [7, 11) is 0. The lowest BCUT2D eigenvalue weighted by atomic mass is 10.1. The van der Waals surface area contributed by atoms with E-state index in [0.717, 1.165) is 5.69 Å². The minimum Gasteiger partial charge on any atom is -0.478 e. The molecule has 1 aliphatic heterocycles. The van der Waals surface area contributed by atoms with Crippen LogP contribution in [0.5, 0.6) is 0 Å². The van der Waals surface area contributed by atoms with Crippen molar-refractivity contribution in [3.63, 3.8) is 0 Å². The van der Waals surface area contributed by atoms with Crippen LogP contribution >= 0.6 is 0 Å². The zero-order valence-corrected chi connectivity index (χ0v) is 9.12. The predicted octanol–water partition coefficient (Wildman–Crippen LogP) is 1.04. The van der Waals surface area contributed by atoms with Crippen LogP contribution in [0.25, 0.3) is 0 Å². The molecule has 1 unspecified atom stereocenters. The molecule has 0 radical (unpaired) electrons. The van der Waals surface area contributed by atoms with E-state index in [1.54, 1.807) is 12.5 Å². The number of carboxylic acid groups (broad SMARTS) is 1. The largest absolute Gasteiger partial charge is 0.478 e. The van der Waals surface area contributed by atoms with E-state index in [4.69, 9.17) is 9.94 Å². The number of imidazole rings is 1. The van der Waals surface area contributed by atoms with Crippen LogP contribution in [0, 0.1) is 0 Å². The highest BCUT2D eigenvalue weighted by Gasteiger charge is 2.30. The van der Waals surface area contributed by atoms with Crippen LogP contribution in [-0.4, -0.2) is 32.4 Å². The molecule has 86 valence electrons. The average Bonchev–Trinajstić information content (AvgIpc) is 2.86. The first kappa shape index (κ1) is 10.7. The molecule has 16 heavy (non-hydrogen) atoms. The van der Waals surface area contributed by atoms with Crippen LogP contribution in [0.4, 0.5) is 0 Å². The summed E-state index contributed by atoms with van der Waals surface area (Å²) < 4.78 is 1.94. The van der Waals surface area contributed by atoms with Crippen molar-refractivity contribution >= 4 is 11.7 Å². The summed E-state index contributed by atoms with van der Waals surface area (Å²) in [6.07, 6.45) is 2.79. The second-order valence-electron chi connectivity index (χ2n) is 3.95. The third kappa shape index (κ3) is 1.78. The van der Waals surface area contributed by atoms with E-state index in [2.05, 4.69) is 10.1 Å². The van der Waals surface area contributed by atoms with Gasteiger partial charge in [0, 0.05) is 12.5 Å². The molecular formula is C10H13N3O3. The topological polar surface area (TPSA) is 76.7 Å². The maximum atomic E-state index is 10.7. The van der Waals surface area contributed by atoms with E-state index in [0.29, 0.717) is 5.71 Å². The molecule has 0 spiro atoms. The zero-order chi connectivity index (χ0) is 11.7. The fourth-order valence-corrected chi connectivity index (χ4v) is 1.60. The second-order valence-corrected chi connectivity index (χ2v) is 3.95. The van der Waals surface area contributed by atoms with E-state index in [1.807, 2.05) is 18.4 Å². The lowest BCUT2D eigenvalue weighted by molar-refractivity contribution is -0.148. The van der Waals surface area contributed by atoms with E-state index in [-0.39, 0.29) is 12.5 Å². The van der Waals surface area contributed by atoms with Crippen LogP contribution in [0.1, 0.15) is 32.0 Å². The highest BCUT2D eigenvalue weighted by molar-refractivity contribution is 6.02. The molecule has 0 aromatic carbocycles. The summed E-state index contributed by atoms with van der Waals surface area (Å²) in [6.45, 7) is 4.05. The smallest absolute Gasteiger partial charge is 0.348 e. The van der Waals surface area contributed by atoms with Crippen molar-refractivity contribution < 1.29 is 14.7 Å². The average molecular weight is 223 g/mol. The van der Waals surface area contributed by atoms with Crippen molar-refractivity contribution in [1.82, 2.24) is 9.55 Å². The molecule has 2 rings (SSSR count). The predicted molar refractivity (Wildman–Crippen MR) is 56.3 cm³/mol. The molecule has 1 aliphatic rings. The molecule has 1 aromatic rings. The fourth-order valence-electron chi connectivity index (χ4n) is 1.60. The van der Waals surface area contributed by atoms with Gasteiger partial charge in [-0.05, 0) is 13.8 Å². The Hall–Kier alpha value is -1.85. The SMILES string of the molecule is CC(C)n1cncc1C1=NOC(C(=O)O)C1. The maximum absolute atomic E-state index is 10.7. The van der Waals surface area contributed by atoms with Crippen molar-refractivity contribution in [2.75, 3.05) is 0 Å². The van der Waals surface area contributed by atoms with Gasteiger partial charge in [0.2, 0.25) is 6.10 Å². The quantitative estimate of drug-likeness (QED) is 0.830. The molecule has 1 N–H and O–H groups in total. The molecule has 6 heteroatoms. The standard InChI is InChI=1S/C10H13N3O3/c1-6(2)13-5-11-4-8(13)7-3-9(10(14)15)16-12-7/h4-6,9H,3H2,1-2H3,(H,14,15). The van der Waals surface area contributed by atoms with Crippen molar-refractivity contribution in [2.45, 2.75) is 32.4 Å². The number of rotatable bonds is 3. The highest BCUT2D eigenvalue weighted by atomic mass is 16.7. The summed E-state index contributed by atoms with van der Waals surface area (Å²) in [5.41, 5.74) is 1.46. The van der Waals surface area contributed by atoms with Gasteiger partial charge in [0.1, 0.15) is 5.71 Å². The lowest BCUT2D eigenvalue weighted by Crippen LogP contribution is -2.20. The summed E-state index contributed by atoms with van der Waals surface area (Å²) in [5.74, 6) is -0.991. The Balaban J connectivity index is 2.20. The molecule has 1 atom stereocenters. The molecule has 0 saturated carbocycles. The van der Waals surface area contributed by atoms with Gasteiger partial charge >= 0.3 is 5.97 Å². The van der Waals surface area contributed by atoms with E-state index in [9.17, 15) is 4.79 Å². The van der Waals surface area contributed by atoms with Crippen molar-refractivity contribution in [3.8, 4) is 0 Å². The number of hydrogen-bond acceptors (Lipinski definition) is 4.